The topological polar surface area (TPSA) is 84.7 Å². The number of nitrogens with one attached hydrogen (secondary N) is 1. The first-order valence-corrected chi connectivity index (χ1v) is 6.48. The lowest BCUT2D eigenvalue weighted by Gasteiger charge is -2.26. The molecule has 1 aliphatic heterocycles. The second-order valence-corrected chi connectivity index (χ2v) is 4.51. The largest absolute Gasteiger partial charge is 0.380 e. The number of carbonyl (C=O) groups excluding carboxylic acids is 1. The zero-order chi connectivity index (χ0) is 14.5. The number of nitro groups is 1. The standard InChI is InChI=1S/C13H17N3O4/c1-2-14-11-4-3-10(7-12(11)16(18)19)8-15-5-6-20-9-13(15)17/h3-4,7,14H,2,5-6,8-9H2,1H3. The summed E-state index contributed by atoms with van der Waals surface area (Å²) in [5.41, 5.74) is 1.27. The van der Waals surface area contributed by atoms with Crippen LogP contribution in [-0.4, -0.2) is 42.0 Å². The molecule has 1 heterocycles. The number of anilines is 1. The summed E-state index contributed by atoms with van der Waals surface area (Å²) in [7, 11) is 0. The molecule has 1 fully saturated rings. The first kappa shape index (κ1) is 14.3. The van der Waals surface area contributed by atoms with Crippen molar-refractivity contribution in [1.29, 1.82) is 0 Å². The zero-order valence-corrected chi connectivity index (χ0v) is 11.3. The van der Waals surface area contributed by atoms with Gasteiger partial charge in [0.15, 0.2) is 0 Å². The minimum absolute atomic E-state index is 0.0325. The van der Waals surface area contributed by atoms with Crippen LogP contribution in [0.1, 0.15) is 12.5 Å². The van der Waals surface area contributed by atoms with Crippen molar-refractivity contribution in [3.05, 3.63) is 33.9 Å². The summed E-state index contributed by atoms with van der Waals surface area (Å²) in [6.07, 6.45) is 0. The van der Waals surface area contributed by atoms with E-state index in [1.54, 1.807) is 17.0 Å². The van der Waals surface area contributed by atoms with Crippen molar-refractivity contribution in [2.24, 2.45) is 0 Å². The van der Waals surface area contributed by atoms with Crippen molar-refractivity contribution >= 4 is 17.3 Å². The summed E-state index contributed by atoms with van der Waals surface area (Å²) < 4.78 is 5.05. The predicted molar refractivity (Wildman–Crippen MR) is 73.5 cm³/mol. The summed E-state index contributed by atoms with van der Waals surface area (Å²) >= 11 is 0. The van der Waals surface area contributed by atoms with E-state index in [1.807, 2.05) is 6.92 Å². The van der Waals surface area contributed by atoms with E-state index in [0.29, 0.717) is 31.9 Å². The molecule has 0 bridgehead atoms. The van der Waals surface area contributed by atoms with Crippen LogP contribution in [0.5, 0.6) is 0 Å². The smallest absolute Gasteiger partial charge is 0.292 e. The first-order valence-electron chi connectivity index (χ1n) is 6.48. The van der Waals surface area contributed by atoms with E-state index >= 15 is 0 Å². The van der Waals surface area contributed by atoms with Crippen molar-refractivity contribution in [3.63, 3.8) is 0 Å². The van der Waals surface area contributed by atoms with Crippen LogP contribution in [0.3, 0.4) is 0 Å². The maximum absolute atomic E-state index is 11.6. The first-order chi connectivity index (χ1) is 9.61. The predicted octanol–water partition coefficient (Wildman–Crippen LogP) is 1.39. The Kier molecular flexibility index (Phi) is 4.52. The lowest BCUT2D eigenvalue weighted by molar-refractivity contribution is -0.384. The fourth-order valence-corrected chi connectivity index (χ4v) is 2.10. The highest BCUT2D eigenvalue weighted by atomic mass is 16.6. The molecule has 1 aromatic carbocycles. The van der Waals surface area contributed by atoms with Gasteiger partial charge in [-0.05, 0) is 18.6 Å². The maximum Gasteiger partial charge on any atom is 0.292 e. The van der Waals surface area contributed by atoms with Crippen molar-refractivity contribution in [2.45, 2.75) is 13.5 Å². The molecule has 0 radical (unpaired) electrons. The Morgan fingerprint density at radius 2 is 2.30 bits per heavy atom. The normalized spacial score (nSPS) is 15.2. The Balaban J connectivity index is 2.18. The third-order valence-corrected chi connectivity index (χ3v) is 3.08. The number of carbonyl (C=O) groups is 1. The lowest BCUT2D eigenvalue weighted by atomic mass is 10.1. The Hall–Kier alpha value is -2.15. The van der Waals surface area contributed by atoms with Gasteiger partial charge >= 0.3 is 0 Å². The second kappa shape index (κ2) is 6.33. The number of nitrogens with zero attached hydrogens (tertiary/aromatic N) is 2. The molecule has 108 valence electrons. The van der Waals surface area contributed by atoms with Gasteiger partial charge in [-0.1, -0.05) is 6.07 Å². The molecule has 1 saturated heterocycles. The molecular weight excluding hydrogens is 262 g/mol. The fraction of sp³-hybridized carbons (Fsp3) is 0.462. The summed E-state index contributed by atoms with van der Waals surface area (Å²) in [6, 6.07) is 5.00. The van der Waals surface area contributed by atoms with Gasteiger partial charge in [0.25, 0.3) is 5.69 Å². The zero-order valence-electron chi connectivity index (χ0n) is 11.3. The summed E-state index contributed by atoms with van der Waals surface area (Å²) in [5, 5.41) is 14.0. The SMILES string of the molecule is CCNc1ccc(CN2CCOCC2=O)cc1[N+](=O)[O-]. The molecular formula is C13H17N3O4. The molecule has 2 rings (SSSR count). The number of rotatable bonds is 5. The fourth-order valence-electron chi connectivity index (χ4n) is 2.10. The minimum Gasteiger partial charge on any atom is -0.380 e. The van der Waals surface area contributed by atoms with Gasteiger partial charge in [-0.2, -0.15) is 0 Å². The van der Waals surface area contributed by atoms with E-state index in [1.165, 1.54) is 6.07 Å². The Morgan fingerprint density at radius 1 is 1.50 bits per heavy atom. The van der Waals surface area contributed by atoms with Gasteiger partial charge < -0.3 is 15.0 Å². The van der Waals surface area contributed by atoms with Crippen molar-refractivity contribution in [1.82, 2.24) is 4.90 Å². The van der Waals surface area contributed by atoms with Crippen LogP contribution in [0.25, 0.3) is 0 Å². The Labute approximate surface area is 116 Å². The van der Waals surface area contributed by atoms with Crippen molar-refractivity contribution < 1.29 is 14.5 Å². The highest BCUT2D eigenvalue weighted by Crippen LogP contribution is 2.26. The van der Waals surface area contributed by atoms with Crippen LogP contribution in [-0.2, 0) is 16.1 Å². The molecule has 1 aromatic rings. The average Bonchev–Trinajstić information content (AvgIpc) is 2.43. The molecule has 7 heteroatoms. The number of ether oxygens (including phenoxy) is 1. The number of hydrogen-bond donors (Lipinski definition) is 1. The van der Waals surface area contributed by atoms with E-state index in [-0.39, 0.29) is 18.2 Å². The molecule has 1 N–H and O–H groups in total. The third kappa shape index (κ3) is 3.24. The Morgan fingerprint density at radius 3 is 2.95 bits per heavy atom. The van der Waals surface area contributed by atoms with Crippen LogP contribution >= 0.6 is 0 Å². The highest BCUT2D eigenvalue weighted by molar-refractivity contribution is 5.78. The molecule has 0 aliphatic carbocycles. The number of hydrogen-bond acceptors (Lipinski definition) is 5. The van der Waals surface area contributed by atoms with Crippen LogP contribution in [0.4, 0.5) is 11.4 Å². The van der Waals surface area contributed by atoms with Gasteiger partial charge in [-0.3, -0.25) is 14.9 Å². The van der Waals surface area contributed by atoms with E-state index in [2.05, 4.69) is 5.32 Å². The van der Waals surface area contributed by atoms with Gasteiger partial charge in [-0.15, -0.1) is 0 Å². The summed E-state index contributed by atoms with van der Waals surface area (Å²) in [6.45, 7) is 3.96. The molecule has 0 spiro atoms. The van der Waals surface area contributed by atoms with Crippen LogP contribution in [0.15, 0.2) is 18.2 Å². The molecule has 0 unspecified atom stereocenters. The minimum atomic E-state index is -0.414. The molecule has 1 aliphatic rings. The van der Waals surface area contributed by atoms with Gasteiger partial charge in [0.1, 0.15) is 12.3 Å². The lowest BCUT2D eigenvalue weighted by Crippen LogP contribution is -2.40. The van der Waals surface area contributed by atoms with Gasteiger partial charge in [0.05, 0.1) is 11.5 Å². The summed E-state index contributed by atoms with van der Waals surface area (Å²) in [5.74, 6) is -0.0883. The van der Waals surface area contributed by atoms with E-state index in [9.17, 15) is 14.9 Å². The molecule has 0 saturated carbocycles. The second-order valence-electron chi connectivity index (χ2n) is 4.51. The highest BCUT2D eigenvalue weighted by Gasteiger charge is 2.20. The number of morpholine rings is 1. The monoisotopic (exact) mass is 279 g/mol. The third-order valence-electron chi connectivity index (χ3n) is 3.08. The van der Waals surface area contributed by atoms with Crippen LogP contribution in [0.2, 0.25) is 0 Å². The number of nitro benzene ring substituents is 1. The Bertz CT molecular complexity index is 518. The van der Waals surface area contributed by atoms with Crippen molar-refractivity contribution in [2.75, 3.05) is 31.6 Å². The average molecular weight is 279 g/mol. The number of benzene rings is 1. The molecule has 0 atom stereocenters. The van der Waals surface area contributed by atoms with Crippen LogP contribution < -0.4 is 5.32 Å². The van der Waals surface area contributed by atoms with Gasteiger partial charge in [0.2, 0.25) is 5.91 Å². The molecule has 1 amide bonds. The van der Waals surface area contributed by atoms with E-state index < -0.39 is 4.92 Å². The van der Waals surface area contributed by atoms with Crippen LogP contribution in [0, 0.1) is 10.1 Å². The van der Waals surface area contributed by atoms with Crippen molar-refractivity contribution in [3.8, 4) is 0 Å². The summed E-state index contributed by atoms with van der Waals surface area (Å²) in [4.78, 5) is 23.9. The molecule has 7 nitrogen and oxygen atoms in total. The van der Waals surface area contributed by atoms with E-state index in [0.717, 1.165) is 5.56 Å². The maximum atomic E-state index is 11.6. The number of amides is 1. The molecule has 0 aromatic heterocycles. The van der Waals surface area contributed by atoms with E-state index in [4.69, 9.17) is 4.74 Å². The molecule has 20 heavy (non-hydrogen) atoms. The quantitative estimate of drug-likeness (QED) is 0.650. The van der Waals surface area contributed by atoms with Gasteiger partial charge in [0, 0.05) is 25.7 Å². The van der Waals surface area contributed by atoms with Gasteiger partial charge in [-0.25, -0.2) is 0 Å².